The fraction of sp³-hybridized carbons (Fsp3) is 0.938. The number of carbonyl (C=O) groups excluding carboxylic acids is 1. The van der Waals surface area contributed by atoms with Crippen LogP contribution in [0.25, 0.3) is 0 Å². The molecule has 0 aromatic carbocycles. The van der Waals surface area contributed by atoms with Crippen molar-refractivity contribution in [1.29, 1.82) is 0 Å². The molecular formula is C16H31N3O. The van der Waals surface area contributed by atoms with Crippen molar-refractivity contribution < 1.29 is 4.79 Å². The van der Waals surface area contributed by atoms with E-state index >= 15 is 0 Å². The number of nitrogens with one attached hydrogen (secondary N) is 1. The molecule has 0 atom stereocenters. The summed E-state index contributed by atoms with van der Waals surface area (Å²) in [7, 11) is 2.12. The van der Waals surface area contributed by atoms with Crippen molar-refractivity contribution in [2.75, 3.05) is 33.2 Å². The normalized spacial score (nSPS) is 27.2. The lowest BCUT2D eigenvalue weighted by molar-refractivity contribution is -0.131. The highest BCUT2D eigenvalue weighted by Gasteiger charge is 2.26. The Hall–Kier alpha value is -0.610. The van der Waals surface area contributed by atoms with Crippen LogP contribution in [0.15, 0.2) is 0 Å². The van der Waals surface area contributed by atoms with Gasteiger partial charge in [0.25, 0.3) is 0 Å². The van der Waals surface area contributed by atoms with E-state index in [0.29, 0.717) is 24.5 Å². The van der Waals surface area contributed by atoms with E-state index in [-0.39, 0.29) is 0 Å². The van der Waals surface area contributed by atoms with E-state index in [1.165, 1.54) is 44.9 Å². The first-order valence-corrected chi connectivity index (χ1v) is 8.42. The van der Waals surface area contributed by atoms with Gasteiger partial charge in [0.1, 0.15) is 0 Å². The first-order valence-electron chi connectivity index (χ1n) is 8.42. The summed E-state index contributed by atoms with van der Waals surface area (Å²) < 4.78 is 0. The van der Waals surface area contributed by atoms with E-state index in [2.05, 4.69) is 24.2 Å². The topological polar surface area (TPSA) is 35.6 Å². The zero-order valence-electron chi connectivity index (χ0n) is 13.2. The maximum absolute atomic E-state index is 12.2. The fourth-order valence-corrected chi connectivity index (χ4v) is 3.48. The molecule has 1 heterocycles. The maximum Gasteiger partial charge on any atom is 0.236 e. The maximum atomic E-state index is 12.2. The van der Waals surface area contributed by atoms with Crippen LogP contribution < -0.4 is 5.32 Å². The number of likely N-dealkylation sites (N-methyl/N-ethyl adjacent to an activating group) is 1. The molecule has 1 aliphatic carbocycles. The monoisotopic (exact) mass is 281 g/mol. The standard InChI is InChI=1S/C16H31N3O/c1-3-10-17-14-6-8-15(9-7-14)18(2)13-16(20)19-11-4-5-12-19/h14-15,17H,3-13H2,1-2H3. The minimum atomic E-state index is 0.330. The Kier molecular flexibility index (Phi) is 6.30. The van der Waals surface area contributed by atoms with Gasteiger partial charge in [-0.3, -0.25) is 9.69 Å². The molecule has 0 radical (unpaired) electrons. The van der Waals surface area contributed by atoms with Gasteiger partial charge in [-0.15, -0.1) is 0 Å². The van der Waals surface area contributed by atoms with Gasteiger partial charge in [0.2, 0.25) is 5.91 Å². The molecule has 0 aromatic rings. The van der Waals surface area contributed by atoms with Crippen LogP contribution in [0.2, 0.25) is 0 Å². The Labute approximate surface area is 123 Å². The molecule has 4 heteroatoms. The molecule has 0 spiro atoms. The predicted octanol–water partition coefficient (Wildman–Crippen LogP) is 1.85. The summed E-state index contributed by atoms with van der Waals surface area (Å²) >= 11 is 0. The minimum Gasteiger partial charge on any atom is -0.342 e. The van der Waals surface area contributed by atoms with Gasteiger partial charge >= 0.3 is 0 Å². The average molecular weight is 281 g/mol. The molecule has 1 amide bonds. The van der Waals surface area contributed by atoms with Gasteiger partial charge in [-0.25, -0.2) is 0 Å². The van der Waals surface area contributed by atoms with Crippen molar-refractivity contribution in [2.45, 2.75) is 64.0 Å². The van der Waals surface area contributed by atoms with Crippen LogP contribution in [0.3, 0.4) is 0 Å². The molecule has 1 saturated heterocycles. The molecule has 0 bridgehead atoms. The Morgan fingerprint density at radius 2 is 1.85 bits per heavy atom. The highest BCUT2D eigenvalue weighted by atomic mass is 16.2. The second kappa shape index (κ2) is 7.99. The van der Waals surface area contributed by atoms with E-state index in [1.807, 2.05) is 4.90 Å². The van der Waals surface area contributed by atoms with Gasteiger partial charge in [0, 0.05) is 25.2 Å². The molecule has 0 aromatic heterocycles. The summed E-state index contributed by atoms with van der Waals surface area (Å²) in [5.74, 6) is 0.330. The third-order valence-corrected chi connectivity index (χ3v) is 4.85. The van der Waals surface area contributed by atoms with E-state index in [0.717, 1.165) is 19.6 Å². The highest BCUT2D eigenvalue weighted by molar-refractivity contribution is 5.78. The van der Waals surface area contributed by atoms with Crippen molar-refractivity contribution in [1.82, 2.24) is 15.1 Å². The third kappa shape index (κ3) is 4.45. The largest absolute Gasteiger partial charge is 0.342 e. The summed E-state index contributed by atoms with van der Waals surface area (Å²) in [5.41, 5.74) is 0. The van der Waals surface area contributed by atoms with Crippen molar-refractivity contribution in [3.63, 3.8) is 0 Å². The van der Waals surface area contributed by atoms with Crippen LogP contribution in [0.5, 0.6) is 0 Å². The predicted molar refractivity (Wildman–Crippen MR) is 82.8 cm³/mol. The highest BCUT2D eigenvalue weighted by Crippen LogP contribution is 2.22. The number of carbonyl (C=O) groups is 1. The SMILES string of the molecule is CCCNC1CCC(N(C)CC(=O)N2CCCC2)CC1. The molecular weight excluding hydrogens is 250 g/mol. The molecule has 1 N–H and O–H groups in total. The average Bonchev–Trinajstić information content (AvgIpc) is 3.00. The van der Waals surface area contributed by atoms with Crippen molar-refractivity contribution in [2.24, 2.45) is 0 Å². The van der Waals surface area contributed by atoms with Gasteiger partial charge in [0.15, 0.2) is 0 Å². The van der Waals surface area contributed by atoms with E-state index in [1.54, 1.807) is 0 Å². The second-order valence-corrected chi connectivity index (χ2v) is 6.46. The summed E-state index contributed by atoms with van der Waals surface area (Å²) in [6.07, 6.45) is 8.55. The number of amides is 1. The Morgan fingerprint density at radius 3 is 2.45 bits per heavy atom. The minimum absolute atomic E-state index is 0.330. The van der Waals surface area contributed by atoms with Crippen molar-refractivity contribution in [3.8, 4) is 0 Å². The number of hydrogen-bond donors (Lipinski definition) is 1. The lowest BCUT2D eigenvalue weighted by atomic mass is 9.90. The van der Waals surface area contributed by atoms with Crippen LogP contribution in [0, 0.1) is 0 Å². The second-order valence-electron chi connectivity index (χ2n) is 6.46. The first-order chi connectivity index (χ1) is 9.70. The summed E-state index contributed by atoms with van der Waals surface area (Å²) in [6.45, 7) is 5.91. The molecule has 116 valence electrons. The zero-order valence-corrected chi connectivity index (χ0v) is 13.2. The molecule has 1 aliphatic heterocycles. The quantitative estimate of drug-likeness (QED) is 0.807. The molecule has 2 fully saturated rings. The van der Waals surface area contributed by atoms with Crippen molar-refractivity contribution in [3.05, 3.63) is 0 Å². The molecule has 2 rings (SSSR count). The van der Waals surface area contributed by atoms with Gasteiger partial charge in [-0.05, 0) is 58.5 Å². The zero-order chi connectivity index (χ0) is 14.4. The van der Waals surface area contributed by atoms with Crippen LogP contribution in [-0.2, 0) is 4.79 Å². The number of rotatable bonds is 6. The van der Waals surface area contributed by atoms with Crippen LogP contribution >= 0.6 is 0 Å². The summed E-state index contributed by atoms with van der Waals surface area (Å²) in [6, 6.07) is 1.30. The summed E-state index contributed by atoms with van der Waals surface area (Å²) in [5, 5.41) is 3.62. The number of hydrogen-bond acceptors (Lipinski definition) is 3. The Balaban J connectivity index is 1.68. The van der Waals surface area contributed by atoms with Crippen LogP contribution in [0.4, 0.5) is 0 Å². The number of nitrogens with zero attached hydrogens (tertiary/aromatic N) is 2. The van der Waals surface area contributed by atoms with Gasteiger partial charge in [-0.2, -0.15) is 0 Å². The molecule has 2 aliphatic rings. The van der Waals surface area contributed by atoms with Gasteiger partial charge in [0.05, 0.1) is 6.54 Å². The van der Waals surface area contributed by atoms with Gasteiger partial charge < -0.3 is 10.2 Å². The third-order valence-electron chi connectivity index (χ3n) is 4.85. The number of likely N-dealkylation sites (tertiary alicyclic amines) is 1. The van der Waals surface area contributed by atoms with Crippen LogP contribution in [0.1, 0.15) is 51.9 Å². The van der Waals surface area contributed by atoms with E-state index in [4.69, 9.17) is 0 Å². The molecule has 0 unspecified atom stereocenters. The Morgan fingerprint density at radius 1 is 1.20 bits per heavy atom. The Bertz CT molecular complexity index is 294. The molecule has 20 heavy (non-hydrogen) atoms. The first kappa shape index (κ1) is 15.8. The molecule has 1 saturated carbocycles. The van der Waals surface area contributed by atoms with Crippen LogP contribution in [-0.4, -0.2) is 61.0 Å². The van der Waals surface area contributed by atoms with E-state index in [9.17, 15) is 4.79 Å². The smallest absolute Gasteiger partial charge is 0.236 e. The van der Waals surface area contributed by atoms with E-state index < -0.39 is 0 Å². The van der Waals surface area contributed by atoms with Gasteiger partial charge in [-0.1, -0.05) is 6.92 Å². The summed E-state index contributed by atoms with van der Waals surface area (Å²) in [4.78, 5) is 16.5. The lowest BCUT2D eigenvalue weighted by Crippen LogP contribution is -2.45. The molecule has 4 nitrogen and oxygen atoms in total. The van der Waals surface area contributed by atoms with Crippen molar-refractivity contribution >= 4 is 5.91 Å². The lowest BCUT2D eigenvalue weighted by Gasteiger charge is -2.35. The fourth-order valence-electron chi connectivity index (χ4n) is 3.48.